The summed E-state index contributed by atoms with van der Waals surface area (Å²) in [6, 6.07) is 25.3. The first-order valence-corrected chi connectivity index (χ1v) is 20.0. The van der Waals surface area contributed by atoms with Crippen molar-refractivity contribution in [3.63, 3.8) is 0 Å². The first-order valence-electron chi connectivity index (χ1n) is 16.7. The third-order valence-electron chi connectivity index (χ3n) is 9.00. The van der Waals surface area contributed by atoms with Crippen molar-refractivity contribution in [2.24, 2.45) is 0 Å². The lowest BCUT2D eigenvalue weighted by Gasteiger charge is -2.37. The smallest absolute Gasteiger partial charge is 0.330 e. The molecule has 1 aliphatic rings. The average Bonchev–Trinajstić information content (AvgIpc) is 3.53. The van der Waals surface area contributed by atoms with Crippen LogP contribution in [-0.4, -0.2) is 62.2 Å². The van der Waals surface area contributed by atoms with Crippen molar-refractivity contribution >= 4 is 30.2 Å². The van der Waals surface area contributed by atoms with Gasteiger partial charge in [0.1, 0.15) is 35.5 Å². The molecule has 2 heterocycles. The van der Waals surface area contributed by atoms with Crippen LogP contribution in [0, 0.1) is 6.92 Å². The van der Waals surface area contributed by atoms with Crippen LogP contribution in [0.25, 0.3) is 0 Å². The van der Waals surface area contributed by atoms with Gasteiger partial charge in [-0.25, -0.2) is 4.79 Å². The minimum absolute atomic E-state index is 0.0685. The number of hydrogen-bond donors (Lipinski definition) is 2. The normalized spacial score (nSPS) is 17.6. The number of nitrogens with zero attached hydrogens (tertiary/aromatic N) is 1. The van der Waals surface area contributed by atoms with E-state index >= 15 is 0 Å². The van der Waals surface area contributed by atoms with Crippen molar-refractivity contribution in [1.29, 1.82) is 0 Å². The van der Waals surface area contributed by atoms with Crippen LogP contribution in [0.2, 0.25) is 0 Å². The van der Waals surface area contributed by atoms with E-state index in [1.165, 1.54) is 30.4 Å². The number of ether oxygens (including phenoxy) is 4. The number of rotatable bonds is 14. The minimum atomic E-state index is -1.57. The van der Waals surface area contributed by atoms with Crippen LogP contribution in [0.15, 0.2) is 94.6 Å². The van der Waals surface area contributed by atoms with E-state index in [9.17, 15) is 9.59 Å². The first kappa shape index (κ1) is 39.4. The Morgan fingerprint density at radius 2 is 1.42 bits per heavy atom. The van der Waals surface area contributed by atoms with Gasteiger partial charge in [0.15, 0.2) is 11.8 Å². The molecule has 1 unspecified atom stereocenters. The van der Waals surface area contributed by atoms with Gasteiger partial charge < -0.3 is 36.1 Å². The van der Waals surface area contributed by atoms with Gasteiger partial charge in [0, 0.05) is 18.2 Å². The van der Waals surface area contributed by atoms with E-state index < -0.39 is 41.4 Å². The Hall–Kier alpha value is -3.35. The van der Waals surface area contributed by atoms with E-state index in [4.69, 9.17) is 47.5 Å². The fourth-order valence-corrected chi connectivity index (χ4v) is 7.18. The lowest BCUT2D eigenvalue weighted by Crippen LogP contribution is -3.11. The fourth-order valence-electron chi connectivity index (χ4n) is 6.07. The number of benzene rings is 3. The molecule has 1 aliphatic heterocycles. The number of aromatic amines is 1. The predicted octanol–water partition coefficient (Wildman–Crippen LogP) is 4.80. The molecule has 0 radical (unpaired) electrons. The van der Waals surface area contributed by atoms with E-state index in [1.807, 2.05) is 78.9 Å². The highest BCUT2D eigenvalue weighted by Crippen LogP contribution is 2.43. The van der Waals surface area contributed by atoms with Crippen LogP contribution in [-0.2, 0) is 43.7 Å². The summed E-state index contributed by atoms with van der Waals surface area (Å²) in [4.78, 5) is 28.7. The van der Waals surface area contributed by atoms with Crippen molar-refractivity contribution in [2.75, 3.05) is 40.5 Å². The number of aromatic nitrogens is 2. The molecule has 0 amide bonds. The SMILES string of the molecule is CC[NH+](CC)CC.COc1ccc(C(OC[C@H]2O[C@@H](n3cc(C)c(=O)[nH]c3=O)C[C@@H]2O[P+](=S)[S-])(c2ccccc2)c2ccc(OC)cc2)cc1. The zero-order valence-electron chi connectivity index (χ0n) is 29.4. The largest absolute Gasteiger partial charge is 0.497 e. The lowest BCUT2D eigenvalue weighted by molar-refractivity contribution is -0.894. The summed E-state index contributed by atoms with van der Waals surface area (Å²) < 4.78 is 31.6. The Balaban J connectivity index is 0.000000727. The molecule has 1 fully saturated rings. The van der Waals surface area contributed by atoms with Gasteiger partial charge in [-0.15, -0.1) is 0 Å². The molecule has 1 saturated heterocycles. The number of hydrogen-bond acceptors (Lipinski definition) is 9. The summed E-state index contributed by atoms with van der Waals surface area (Å²) in [5.74, 6) is 1.42. The third-order valence-corrected chi connectivity index (χ3v) is 9.95. The highest BCUT2D eigenvalue weighted by molar-refractivity contribution is 8.45. The van der Waals surface area contributed by atoms with Gasteiger partial charge >= 0.3 is 5.69 Å². The first-order chi connectivity index (χ1) is 24.1. The van der Waals surface area contributed by atoms with E-state index in [2.05, 4.69) is 25.8 Å². The molecule has 0 bridgehead atoms. The number of nitrogens with one attached hydrogen (secondary N) is 2. The molecule has 2 N–H and O–H groups in total. The number of quaternary nitrogens is 1. The van der Waals surface area contributed by atoms with E-state index in [-0.39, 0.29) is 6.61 Å². The van der Waals surface area contributed by atoms with Crippen LogP contribution in [0.5, 0.6) is 11.5 Å². The maximum Gasteiger partial charge on any atom is 0.330 e. The molecule has 268 valence electrons. The topological polar surface area (TPSA) is 105 Å². The van der Waals surface area contributed by atoms with Crippen molar-refractivity contribution in [1.82, 2.24) is 9.55 Å². The second kappa shape index (κ2) is 18.8. The molecule has 3 aromatic carbocycles. The van der Waals surface area contributed by atoms with Crippen LogP contribution < -0.4 is 25.6 Å². The second-order valence-corrected chi connectivity index (χ2v) is 15.2. The molecular formula is C37H47N3O7PS2+. The van der Waals surface area contributed by atoms with Crippen LogP contribution in [0.4, 0.5) is 0 Å². The summed E-state index contributed by atoms with van der Waals surface area (Å²) in [6.45, 7) is 12.2. The summed E-state index contributed by atoms with van der Waals surface area (Å²) in [7, 11) is 3.24. The van der Waals surface area contributed by atoms with Crippen LogP contribution in [0.1, 0.15) is 55.7 Å². The molecule has 0 saturated carbocycles. The molecule has 0 aliphatic carbocycles. The third kappa shape index (κ3) is 9.50. The van der Waals surface area contributed by atoms with Gasteiger partial charge in [0.25, 0.3) is 5.56 Å². The van der Waals surface area contributed by atoms with Crippen molar-refractivity contribution < 1.29 is 28.4 Å². The van der Waals surface area contributed by atoms with Gasteiger partial charge in [-0.2, -0.15) is 4.52 Å². The molecule has 0 spiro atoms. The monoisotopic (exact) mass is 740 g/mol. The Kier molecular flexibility index (Phi) is 14.8. The summed E-state index contributed by atoms with van der Waals surface area (Å²) in [5.41, 5.74) is 0.892. The van der Waals surface area contributed by atoms with E-state index in [1.54, 1.807) is 26.0 Å². The molecule has 4 atom stereocenters. The van der Waals surface area contributed by atoms with Gasteiger partial charge in [-0.3, -0.25) is 14.3 Å². The van der Waals surface area contributed by atoms with Gasteiger partial charge in [0.05, 0.1) is 40.5 Å². The summed E-state index contributed by atoms with van der Waals surface area (Å²) in [5, 5.41) is 0. The number of aryl methyl sites for hydroxylation is 1. The second-order valence-electron chi connectivity index (χ2n) is 11.8. The Bertz CT molecular complexity index is 1730. The fraction of sp³-hybridized carbons (Fsp3) is 0.405. The quantitative estimate of drug-likeness (QED) is 0.107. The van der Waals surface area contributed by atoms with Crippen LogP contribution in [0.3, 0.4) is 0 Å². The standard InChI is InChI=1S/C31H31N2O7PS2.C6H15N/c1-20-18-33(30(35)32-29(20)34)28-17-26(40-41(42)43)27(39-28)19-38-31(21-7-5-4-6-8-21,22-9-13-24(36-2)14-10-22)23-11-15-25(37-3)16-12-23;1-4-7(5-2)6-3/h4-16,18,26-28H,17,19H2,1-3H3,(H,32,34,35);4-6H2,1-3H3/p+1/t26-,27+,28+;/m0./s1. The summed E-state index contributed by atoms with van der Waals surface area (Å²) >= 11 is 10.5. The molecule has 5 rings (SSSR count). The molecular weight excluding hydrogens is 694 g/mol. The van der Waals surface area contributed by atoms with Gasteiger partial charge in [0.2, 0.25) is 6.13 Å². The highest BCUT2D eigenvalue weighted by Gasteiger charge is 2.44. The van der Waals surface area contributed by atoms with Crippen molar-refractivity contribution in [2.45, 2.75) is 58.2 Å². The Labute approximate surface area is 305 Å². The van der Waals surface area contributed by atoms with E-state index in [0.717, 1.165) is 16.7 Å². The van der Waals surface area contributed by atoms with E-state index in [0.29, 0.717) is 23.5 Å². The number of methoxy groups -OCH3 is 2. The predicted molar refractivity (Wildman–Crippen MR) is 202 cm³/mol. The van der Waals surface area contributed by atoms with Gasteiger partial charge in [-0.05, 0) is 68.7 Å². The van der Waals surface area contributed by atoms with Crippen molar-refractivity contribution in [3.05, 3.63) is 128 Å². The Morgan fingerprint density at radius 1 is 0.900 bits per heavy atom. The lowest BCUT2D eigenvalue weighted by atomic mass is 9.80. The minimum Gasteiger partial charge on any atom is -0.497 e. The number of H-pyrrole nitrogens is 1. The molecule has 4 aromatic rings. The Morgan fingerprint density at radius 3 is 1.88 bits per heavy atom. The molecule has 1 aromatic heterocycles. The molecule has 50 heavy (non-hydrogen) atoms. The highest BCUT2D eigenvalue weighted by atomic mass is 32.9. The molecule has 13 heteroatoms. The van der Waals surface area contributed by atoms with Crippen LogP contribution >= 0.6 is 6.13 Å². The average molecular weight is 741 g/mol. The zero-order chi connectivity index (χ0) is 36.3. The summed E-state index contributed by atoms with van der Waals surface area (Å²) in [6.07, 6.45) is -1.66. The van der Waals surface area contributed by atoms with Gasteiger partial charge in [-0.1, -0.05) is 54.6 Å². The molecule has 10 nitrogen and oxygen atoms in total. The maximum absolute atomic E-state index is 12.7. The maximum atomic E-state index is 12.7. The zero-order valence-corrected chi connectivity index (χ0v) is 31.9. The van der Waals surface area contributed by atoms with Crippen molar-refractivity contribution in [3.8, 4) is 11.5 Å².